The lowest BCUT2D eigenvalue weighted by molar-refractivity contribution is -0.123. The molecular formula is C15H24N2O2. The summed E-state index contributed by atoms with van der Waals surface area (Å²) in [6.07, 6.45) is 0.530. The Balaban J connectivity index is 2.63. The van der Waals surface area contributed by atoms with Crippen LogP contribution in [-0.2, 0) is 9.53 Å². The number of ether oxygens (including phenoxy) is 1. The Hall–Kier alpha value is -1.39. The van der Waals surface area contributed by atoms with Crippen LogP contribution in [0.4, 0.5) is 0 Å². The van der Waals surface area contributed by atoms with Crippen LogP contribution in [0.1, 0.15) is 36.1 Å². The minimum atomic E-state index is -0.520. The summed E-state index contributed by atoms with van der Waals surface area (Å²) in [5.41, 5.74) is 9.32. The van der Waals surface area contributed by atoms with Gasteiger partial charge in [0.1, 0.15) is 0 Å². The van der Waals surface area contributed by atoms with Crippen LogP contribution in [0.15, 0.2) is 18.2 Å². The Labute approximate surface area is 115 Å². The molecule has 0 saturated carbocycles. The van der Waals surface area contributed by atoms with Crippen molar-refractivity contribution >= 4 is 5.91 Å². The van der Waals surface area contributed by atoms with Crippen LogP contribution in [-0.4, -0.2) is 25.7 Å². The summed E-state index contributed by atoms with van der Waals surface area (Å²) in [6, 6.07) is 5.66. The average Bonchev–Trinajstić information content (AvgIpc) is 2.35. The van der Waals surface area contributed by atoms with Gasteiger partial charge in [-0.25, -0.2) is 0 Å². The summed E-state index contributed by atoms with van der Waals surface area (Å²) in [6.45, 7) is 6.57. The number of nitrogens with one attached hydrogen (secondary N) is 1. The third-order valence-electron chi connectivity index (χ3n) is 3.22. The van der Waals surface area contributed by atoms with E-state index in [-0.39, 0.29) is 11.9 Å². The van der Waals surface area contributed by atoms with Gasteiger partial charge in [0.15, 0.2) is 0 Å². The lowest BCUT2D eigenvalue weighted by atomic mass is 10.00. The number of aryl methyl sites for hydroxylation is 2. The minimum absolute atomic E-state index is 0.0401. The van der Waals surface area contributed by atoms with Crippen molar-refractivity contribution in [2.75, 3.05) is 13.7 Å². The van der Waals surface area contributed by atoms with Gasteiger partial charge >= 0.3 is 0 Å². The Kier molecular flexibility index (Phi) is 5.99. The van der Waals surface area contributed by atoms with Crippen molar-refractivity contribution in [1.82, 2.24) is 5.32 Å². The van der Waals surface area contributed by atoms with Crippen molar-refractivity contribution in [2.24, 2.45) is 5.73 Å². The molecule has 0 aliphatic heterocycles. The van der Waals surface area contributed by atoms with Crippen LogP contribution in [0.25, 0.3) is 0 Å². The maximum atomic E-state index is 11.9. The maximum Gasteiger partial charge on any atom is 0.237 e. The molecule has 0 spiro atoms. The largest absolute Gasteiger partial charge is 0.385 e. The van der Waals surface area contributed by atoms with Gasteiger partial charge in [0.2, 0.25) is 5.91 Å². The molecule has 1 amide bonds. The van der Waals surface area contributed by atoms with Gasteiger partial charge < -0.3 is 15.8 Å². The van der Waals surface area contributed by atoms with Crippen molar-refractivity contribution in [3.8, 4) is 0 Å². The van der Waals surface area contributed by atoms with Crippen molar-refractivity contribution in [2.45, 2.75) is 39.3 Å². The monoisotopic (exact) mass is 264 g/mol. The molecule has 19 heavy (non-hydrogen) atoms. The summed E-state index contributed by atoms with van der Waals surface area (Å²) in [5.74, 6) is -0.135. The van der Waals surface area contributed by atoms with Crippen molar-refractivity contribution in [1.29, 1.82) is 0 Å². The van der Waals surface area contributed by atoms with Crippen LogP contribution >= 0.6 is 0 Å². The highest BCUT2D eigenvalue weighted by atomic mass is 16.5. The number of amides is 1. The molecule has 2 unspecified atom stereocenters. The van der Waals surface area contributed by atoms with E-state index in [2.05, 4.69) is 37.4 Å². The standard InChI is InChI=1S/C15H24N2O2/c1-10-5-6-13(11(2)9-10)12(3)17-15(18)14(16)7-8-19-4/h5-6,9,12,14H,7-8,16H2,1-4H3,(H,17,18). The summed E-state index contributed by atoms with van der Waals surface area (Å²) in [5, 5.41) is 2.95. The molecule has 0 saturated heterocycles. The first-order valence-electron chi connectivity index (χ1n) is 6.57. The van der Waals surface area contributed by atoms with Gasteiger partial charge in [-0.15, -0.1) is 0 Å². The fourth-order valence-corrected chi connectivity index (χ4v) is 2.09. The zero-order valence-electron chi connectivity index (χ0n) is 12.2. The highest BCUT2D eigenvalue weighted by molar-refractivity contribution is 5.81. The van der Waals surface area contributed by atoms with E-state index in [9.17, 15) is 4.79 Å². The Bertz CT molecular complexity index is 432. The van der Waals surface area contributed by atoms with Gasteiger partial charge in [-0.2, -0.15) is 0 Å². The van der Waals surface area contributed by atoms with Crippen LogP contribution < -0.4 is 11.1 Å². The number of hydrogen-bond acceptors (Lipinski definition) is 3. The third kappa shape index (κ3) is 4.65. The quantitative estimate of drug-likeness (QED) is 0.824. The molecular weight excluding hydrogens is 240 g/mol. The summed E-state index contributed by atoms with van der Waals surface area (Å²) in [4.78, 5) is 11.9. The molecule has 0 aliphatic rings. The van der Waals surface area contributed by atoms with E-state index in [1.165, 1.54) is 11.1 Å². The number of carbonyl (C=O) groups is 1. The molecule has 0 bridgehead atoms. The first kappa shape index (κ1) is 15.7. The smallest absolute Gasteiger partial charge is 0.237 e. The van der Waals surface area contributed by atoms with Gasteiger partial charge in [-0.05, 0) is 38.3 Å². The highest BCUT2D eigenvalue weighted by Gasteiger charge is 2.17. The average molecular weight is 264 g/mol. The molecule has 0 aliphatic carbocycles. The summed E-state index contributed by atoms with van der Waals surface area (Å²) < 4.78 is 4.92. The molecule has 1 rings (SSSR count). The van der Waals surface area contributed by atoms with Crippen molar-refractivity contribution < 1.29 is 9.53 Å². The van der Waals surface area contributed by atoms with E-state index in [0.717, 1.165) is 5.56 Å². The first-order chi connectivity index (χ1) is 8.95. The lowest BCUT2D eigenvalue weighted by Gasteiger charge is -2.19. The molecule has 0 fully saturated rings. The molecule has 1 aromatic carbocycles. The van der Waals surface area contributed by atoms with Crippen LogP contribution in [0, 0.1) is 13.8 Å². The zero-order valence-corrected chi connectivity index (χ0v) is 12.2. The van der Waals surface area contributed by atoms with Crippen LogP contribution in [0.3, 0.4) is 0 Å². The van der Waals surface area contributed by atoms with Gasteiger partial charge in [-0.1, -0.05) is 23.8 Å². The van der Waals surface area contributed by atoms with E-state index in [0.29, 0.717) is 13.0 Å². The fourth-order valence-electron chi connectivity index (χ4n) is 2.09. The Morgan fingerprint density at radius 3 is 2.68 bits per heavy atom. The molecule has 0 heterocycles. The molecule has 4 nitrogen and oxygen atoms in total. The van der Waals surface area contributed by atoms with E-state index in [1.807, 2.05) is 6.92 Å². The normalized spacial score (nSPS) is 13.9. The van der Waals surface area contributed by atoms with Crippen molar-refractivity contribution in [3.05, 3.63) is 34.9 Å². The lowest BCUT2D eigenvalue weighted by Crippen LogP contribution is -2.42. The third-order valence-corrected chi connectivity index (χ3v) is 3.22. The van der Waals surface area contributed by atoms with Crippen LogP contribution in [0.5, 0.6) is 0 Å². The van der Waals surface area contributed by atoms with Crippen LogP contribution in [0.2, 0.25) is 0 Å². The molecule has 0 aromatic heterocycles. The second-order valence-corrected chi connectivity index (χ2v) is 4.98. The molecule has 3 N–H and O–H groups in total. The molecule has 2 atom stereocenters. The van der Waals surface area contributed by atoms with Crippen molar-refractivity contribution in [3.63, 3.8) is 0 Å². The summed E-state index contributed by atoms with van der Waals surface area (Å²) in [7, 11) is 1.60. The van der Waals surface area contributed by atoms with Gasteiger partial charge in [0.05, 0.1) is 12.1 Å². The molecule has 4 heteroatoms. The predicted octanol–water partition coefficient (Wildman–Crippen LogP) is 1.84. The second-order valence-electron chi connectivity index (χ2n) is 4.98. The first-order valence-corrected chi connectivity index (χ1v) is 6.57. The van der Waals surface area contributed by atoms with E-state index in [4.69, 9.17) is 10.5 Å². The van der Waals surface area contributed by atoms with Gasteiger partial charge in [0, 0.05) is 13.7 Å². The fraction of sp³-hybridized carbons (Fsp3) is 0.533. The number of benzene rings is 1. The molecule has 106 valence electrons. The number of nitrogens with two attached hydrogens (primary N) is 1. The molecule has 1 aromatic rings. The number of carbonyl (C=O) groups excluding carboxylic acids is 1. The molecule has 0 radical (unpaired) electrons. The Morgan fingerprint density at radius 2 is 2.11 bits per heavy atom. The predicted molar refractivity (Wildman–Crippen MR) is 76.9 cm³/mol. The number of hydrogen-bond donors (Lipinski definition) is 2. The highest BCUT2D eigenvalue weighted by Crippen LogP contribution is 2.18. The summed E-state index contributed by atoms with van der Waals surface area (Å²) >= 11 is 0. The van der Waals surface area contributed by atoms with E-state index < -0.39 is 6.04 Å². The topological polar surface area (TPSA) is 64.3 Å². The maximum absolute atomic E-state index is 11.9. The van der Waals surface area contributed by atoms with E-state index >= 15 is 0 Å². The number of rotatable bonds is 6. The zero-order chi connectivity index (χ0) is 14.4. The van der Waals surface area contributed by atoms with E-state index in [1.54, 1.807) is 7.11 Å². The van der Waals surface area contributed by atoms with Gasteiger partial charge in [0.25, 0.3) is 0 Å². The Morgan fingerprint density at radius 1 is 1.42 bits per heavy atom. The van der Waals surface area contributed by atoms with Gasteiger partial charge in [-0.3, -0.25) is 4.79 Å². The SMILES string of the molecule is COCCC(N)C(=O)NC(C)c1ccc(C)cc1C. The number of methoxy groups -OCH3 is 1. The second kappa shape index (κ2) is 7.26. The minimum Gasteiger partial charge on any atom is -0.385 e.